The Hall–Kier alpha value is -1.34. The van der Waals surface area contributed by atoms with Crippen molar-refractivity contribution in [1.82, 2.24) is 14.2 Å². The van der Waals surface area contributed by atoms with Crippen molar-refractivity contribution < 1.29 is 13.2 Å². The van der Waals surface area contributed by atoms with E-state index < -0.39 is 10.0 Å². The summed E-state index contributed by atoms with van der Waals surface area (Å²) in [6.45, 7) is 3.19. The van der Waals surface area contributed by atoms with Crippen LogP contribution in [0.15, 0.2) is 17.2 Å². The molecule has 134 valence electrons. The standard InChI is InChI=1S/C17H27N3O3S/c1-17(8-4-5-9-17)18-16(21)15-12-14(13-19(15)2)24(22,23)20-10-6-3-7-11-20/h12-13H,3-11H2,1-2H3,(H,18,21). The molecule has 1 saturated heterocycles. The number of carbonyl (C=O) groups excluding carboxylic acids is 1. The highest BCUT2D eigenvalue weighted by molar-refractivity contribution is 7.89. The highest BCUT2D eigenvalue weighted by Crippen LogP contribution is 2.29. The first-order valence-electron chi connectivity index (χ1n) is 8.81. The summed E-state index contributed by atoms with van der Waals surface area (Å²) in [6, 6.07) is 1.51. The Bertz CT molecular complexity index is 711. The third-order valence-corrected chi connectivity index (χ3v) is 7.15. The number of hydrogen-bond acceptors (Lipinski definition) is 3. The van der Waals surface area contributed by atoms with Crippen molar-refractivity contribution in [2.75, 3.05) is 13.1 Å². The zero-order valence-corrected chi connectivity index (χ0v) is 15.4. The highest BCUT2D eigenvalue weighted by Gasteiger charge is 2.32. The number of hydrogen-bond donors (Lipinski definition) is 1. The van der Waals surface area contributed by atoms with E-state index in [9.17, 15) is 13.2 Å². The molecule has 6 nitrogen and oxygen atoms in total. The molecule has 2 heterocycles. The lowest BCUT2D eigenvalue weighted by Gasteiger charge is -2.25. The zero-order chi connectivity index (χ0) is 17.4. The first kappa shape index (κ1) is 17.5. The van der Waals surface area contributed by atoms with Gasteiger partial charge in [0, 0.05) is 31.9 Å². The predicted octanol–water partition coefficient (Wildman–Crippen LogP) is 2.26. The minimum absolute atomic E-state index is 0.173. The molecule has 0 atom stereocenters. The van der Waals surface area contributed by atoms with Gasteiger partial charge in [-0.05, 0) is 38.7 Å². The van der Waals surface area contributed by atoms with Crippen molar-refractivity contribution in [2.45, 2.75) is 62.3 Å². The molecule has 1 N–H and O–H groups in total. The molecule has 3 rings (SSSR count). The van der Waals surface area contributed by atoms with Gasteiger partial charge in [0.05, 0.1) is 0 Å². The van der Waals surface area contributed by atoms with Crippen LogP contribution in [0.2, 0.25) is 0 Å². The molecule has 1 aliphatic carbocycles. The number of amides is 1. The second-order valence-electron chi connectivity index (χ2n) is 7.36. The van der Waals surface area contributed by atoms with E-state index in [1.165, 1.54) is 10.4 Å². The lowest BCUT2D eigenvalue weighted by atomic mass is 10.0. The molecule has 2 aliphatic rings. The lowest BCUT2D eigenvalue weighted by Crippen LogP contribution is -2.44. The molecule has 2 fully saturated rings. The molecule has 1 aromatic heterocycles. The SMILES string of the molecule is Cn1cc(S(=O)(=O)N2CCCCC2)cc1C(=O)NC1(C)CCCC1. The number of sulfonamides is 1. The van der Waals surface area contributed by atoms with Crippen LogP contribution in [0.4, 0.5) is 0 Å². The summed E-state index contributed by atoms with van der Waals surface area (Å²) in [5.41, 5.74) is 0.228. The Labute approximate surface area is 144 Å². The quantitative estimate of drug-likeness (QED) is 0.902. The van der Waals surface area contributed by atoms with E-state index in [1.807, 2.05) is 0 Å². The number of aryl methyl sites for hydroxylation is 1. The third kappa shape index (κ3) is 3.37. The third-order valence-electron chi connectivity index (χ3n) is 5.29. The van der Waals surface area contributed by atoms with Gasteiger partial charge < -0.3 is 9.88 Å². The van der Waals surface area contributed by atoms with E-state index in [4.69, 9.17) is 0 Å². The van der Waals surface area contributed by atoms with Crippen molar-refractivity contribution in [3.05, 3.63) is 18.0 Å². The largest absolute Gasteiger partial charge is 0.346 e. The van der Waals surface area contributed by atoms with Crippen molar-refractivity contribution in [1.29, 1.82) is 0 Å². The van der Waals surface area contributed by atoms with Crippen LogP contribution >= 0.6 is 0 Å². The van der Waals surface area contributed by atoms with Gasteiger partial charge in [-0.2, -0.15) is 4.31 Å². The van der Waals surface area contributed by atoms with Crippen LogP contribution in [0.1, 0.15) is 62.4 Å². The first-order valence-corrected chi connectivity index (χ1v) is 10.2. The van der Waals surface area contributed by atoms with Gasteiger partial charge in [-0.15, -0.1) is 0 Å². The summed E-state index contributed by atoms with van der Waals surface area (Å²) in [5, 5.41) is 3.09. The Kier molecular flexibility index (Phi) is 4.75. The van der Waals surface area contributed by atoms with Crippen molar-refractivity contribution in [3.63, 3.8) is 0 Å². The number of piperidine rings is 1. The van der Waals surface area contributed by atoms with Crippen molar-refractivity contribution in [3.8, 4) is 0 Å². The summed E-state index contributed by atoms with van der Waals surface area (Å²) < 4.78 is 28.7. The van der Waals surface area contributed by atoms with Gasteiger partial charge in [0.1, 0.15) is 10.6 Å². The van der Waals surface area contributed by atoms with Crippen LogP contribution in [0.3, 0.4) is 0 Å². The zero-order valence-electron chi connectivity index (χ0n) is 14.5. The molecular formula is C17H27N3O3S. The van der Waals surface area contributed by atoms with Gasteiger partial charge in [0.2, 0.25) is 10.0 Å². The Morgan fingerprint density at radius 3 is 2.38 bits per heavy atom. The fraction of sp³-hybridized carbons (Fsp3) is 0.706. The Morgan fingerprint density at radius 1 is 1.12 bits per heavy atom. The summed E-state index contributed by atoms with van der Waals surface area (Å²) in [6.07, 6.45) is 8.62. The maximum absolute atomic E-state index is 12.8. The molecule has 1 aliphatic heterocycles. The monoisotopic (exact) mass is 353 g/mol. The van der Waals surface area contributed by atoms with Crippen LogP contribution in [0.5, 0.6) is 0 Å². The second kappa shape index (κ2) is 6.52. The Balaban J connectivity index is 1.80. The predicted molar refractivity (Wildman–Crippen MR) is 92.4 cm³/mol. The van der Waals surface area contributed by atoms with E-state index in [2.05, 4.69) is 12.2 Å². The van der Waals surface area contributed by atoms with Crippen molar-refractivity contribution in [2.24, 2.45) is 7.05 Å². The molecule has 0 unspecified atom stereocenters. The van der Waals surface area contributed by atoms with E-state index in [1.54, 1.807) is 17.8 Å². The first-order chi connectivity index (χ1) is 11.3. The molecule has 0 radical (unpaired) electrons. The molecule has 0 aromatic carbocycles. The van der Waals surface area contributed by atoms with Crippen LogP contribution in [-0.2, 0) is 17.1 Å². The van der Waals surface area contributed by atoms with E-state index in [0.29, 0.717) is 18.8 Å². The van der Waals surface area contributed by atoms with Gasteiger partial charge in [0.25, 0.3) is 5.91 Å². The minimum Gasteiger partial charge on any atom is -0.346 e. The van der Waals surface area contributed by atoms with Crippen molar-refractivity contribution >= 4 is 15.9 Å². The molecular weight excluding hydrogens is 326 g/mol. The molecule has 1 aromatic rings. The average molecular weight is 353 g/mol. The second-order valence-corrected chi connectivity index (χ2v) is 9.30. The molecule has 0 bridgehead atoms. The van der Waals surface area contributed by atoms with Gasteiger partial charge in [-0.3, -0.25) is 4.79 Å². The van der Waals surface area contributed by atoms with Gasteiger partial charge in [0.15, 0.2) is 0 Å². The van der Waals surface area contributed by atoms with E-state index >= 15 is 0 Å². The molecule has 7 heteroatoms. The smallest absolute Gasteiger partial charge is 0.268 e. The number of aromatic nitrogens is 1. The number of carbonyl (C=O) groups is 1. The van der Waals surface area contributed by atoms with E-state index in [-0.39, 0.29) is 16.3 Å². The summed E-state index contributed by atoms with van der Waals surface area (Å²) in [5.74, 6) is -0.193. The number of rotatable bonds is 4. The topological polar surface area (TPSA) is 71.4 Å². The summed E-state index contributed by atoms with van der Waals surface area (Å²) in [7, 11) is -1.78. The maximum Gasteiger partial charge on any atom is 0.268 e. The lowest BCUT2D eigenvalue weighted by molar-refractivity contribution is 0.0899. The summed E-state index contributed by atoms with van der Waals surface area (Å²) in [4.78, 5) is 12.8. The summed E-state index contributed by atoms with van der Waals surface area (Å²) >= 11 is 0. The van der Waals surface area contributed by atoms with Gasteiger partial charge in [-0.1, -0.05) is 19.3 Å². The number of nitrogens with one attached hydrogen (secondary N) is 1. The molecule has 24 heavy (non-hydrogen) atoms. The van der Waals surface area contributed by atoms with E-state index in [0.717, 1.165) is 44.9 Å². The van der Waals surface area contributed by atoms with Gasteiger partial charge in [-0.25, -0.2) is 8.42 Å². The number of nitrogens with zero attached hydrogens (tertiary/aromatic N) is 2. The molecule has 0 spiro atoms. The van der Waals surface area contributed by atoms with Crippen LogP contribution < -0.4 is 5.32 Å². The fourth-order valence-electron chi connectivity index (χ4n) is 3.77. The van der Waals surface area contributed by atoms with Gasteiger partial charge >= 0.3 is 0 Å². The Morgan fingerprint density at radius 2 is 1.75 bits per heavy atom. The molecule has 1 amide bonds. The molecule has 1 saturated carbocycles. The minimum atomic E-state index is -3.51. The van der Waals surface area contributed by atoms with Crippen LogP contribution in [0.25, 0.3) is 0 Å². The maximum atomic E-state index is 12.8. The fourth-order valence-corrected chi connectivity index (χ4v) is 5.36. The van der Waals surface area contributed by atoms with Crippen LogP contribution in [-0.4, -0.2) is 41.8 Å². The average Bonchev–Trinajstić information content (AvgIpc) is 3.14. The highest BCUT2D eigenvalue weighted by atomic mass is 32.2. The van der Waals surface area contributed by atoms with Crippen LogP contribution in [0, 0.1) is 0 Å². The normalized spacial score (nSPS) is 21.8.